The summed E-state index contributed by atoms with van der Waals surface area (Å²) in [6.45, 7) is 5.24. The van der Waals surface area contributed by atoms with Gasteiger partial charge in [-0.1, -0.05) is 19.3 Å². The van der Waals surface area contributed by atoms with E-state index in [4.69, 9.17) is 4.42 Å². The summed E-state index contributed by atoms with van der Waals surface area (Å²) in [7, 11) is 0. The Labute approximate surface area is 164 Å². The number of furan rings is 1. The van der Waals surface area contributed by atoms with Crippen LogP contribution in [0.2, 0.25) is 0 Å². The molecule has 2 fully saturated rings. The Balaban J connectivity index is 1.19. The lowest BCUT2D eigenvalue weighted by molar-refractivity contribution is -0.123. The van der Waals surface area contributed by atoms with Crippen molar-refractivity contribution < 1.29 is 9.21 Å². The fourth-order valence-electron chi connectivity index (χ4n) is 3.94. The molecule has 0 unspecified atom stereocenters. The predicted molar refractivity (Wildman–Crippen MR) is 107 cm³/mol. The van der Waals surface area contributed by atoms with Gasteiger partial charge in [-0.15, -0.1) is 11.3 Å². The predicted octanol–water partition coefficient (Wildman–Crippen LogP) is 2.97. The van der Waals surface area contributed by atoms with E-state index < -0.39 is 0 Å². The largest absolute Gasteiger partial charge is 0.463 e. The van der Waals surface area contributed by atoms with Gasteiger partial charge < -0.3 is 9.73 Å². The van der Waals surface area contributed by atoms with Crippen LogP contribution in [0.15, 0.2) is 28.2 Å². The summed E-state index contributed by atoms with van der Waals surface area (Å²) in [5.41, 5.74) is 0.915. The van der Waals surface area contributed by atoms with E-state index in [2.05, 4.69) is 25.5 Å². The molecule has 1 saturated carbocycles. The van der Waals surface area contributed by atoms with E-state index in [0.717, 1.165) is 62.0 Å². The van der Waals surface area contributed by atoms with Crippen LogP contribution in [-0.4, -0.2) is 59.5 Å². The molecule has 0 aromatic carbocycles. The molecule has 1 aliphatic carbocycles. The van der Waals surface area contributed by atoms with Gasteiger partial charge >= 0.3 is 0 Å². The van der Waals surface area contributed by atoms with E-state index in [1.807, 2.05) is 12.1 Å². The van der Waals surface area contributed by atoms with Gasteiger partial charge in [-0.25, -0.2) is 4.98 Å². The fourth-order valence-corrected chi connectivity index (χ4v) is 4.77. The monoisotopic (exact) mass is 388 g/mol. The first-order valence-corrected chi connectivity index (χ1v) is 10.9. The third kappa shape index (κ3) is 5.18. The van der Waals surface area contributed by atoms with Crippen molar-refractivity contribution in [3.05, 3.63) is 28.8 Å². The van der Waals surface area contributed by atoms with E-state index in [1.54, 1.807) is 17.6 Å². The molecule has 2 aromatic rings. The highest BCUT2D eigenvalue weighted by Gasteiger charge is 2.22. The highest BCUT2D eigenvalue weighted by atomic mass is 32.1. The Morgan fingerprint density at radius 2 is 1.96 bits per heavy atom. The third-order valence-electron chi connectivity index (χ3n) is 5.49. The average molecular weight is 389 g/mol. The summed E-state index contributed by atoms with van der Waals surface area (Å²) in [5.74, 6) is 1.02. The van der Waals surface area contributed by atoms with Gasteiger partial charge in [0.2, 0.25) is 5.91 Å². The summed E-state index contributed by atoms with van der Waals surface area (Å²) in [5, 5.41) is 6.39. The Morgan fingerprint density at radius 1 is 1.19 bits per heavy atom. The normalized spacial score (nSPS) is 20.0. The van der Waals surface area contributed by atoms with Crippen molar-refractivity contribution in [2.45, 2.75) is 44.7 Å². The Morgan fingerprint density at radius 3 is 2.70 bits per heavy atom. The van der Waals surface area contributed by atoms with Gasteiger partial charge in [-0.2, -0.15) is 0 Å². The molecule has 2 aliphatic rings. The summed E-state index contributed by atoms with van der Waals surface area (Å²) < 4.78 is 5.41. The highest BCUT2D eigenvalue weighted by molar-refractivity contribution is 7.09. The molecule has 4 rings (SSSR count). The zero-order valence-corrected chi connectivity index (χ0v) is 16.5. The van der Waals surface area contributed by atoms with Crippen molar-refractivity contribution in [1.29, 1.82) is 0 Å². The molecule has 1 aliphatic heterocycles. The molecule has 1 N–H and O–H groups in total. The van der Waals surface area contributed by atoms with E-state index >= 15 is 0 Å². The second-order valence-electron chi connectivity index (χ2n) is 7.56. The van der Waals surface area contributed by atoms with E-state index in [-0.39, 0.29) is 5.91 Å². The van der Waals surface area contributed by atoms with Gasteiger partial charge in [0, 0.05) is 37.6 Å². The molecular weight excluding hydrogens is 360 g/mol. The number of piperazine rings is 1. The topological polar surface area (TPSA) is 61.6 Å². The number of hydrogen-bond acceptors (Lipinski definition) is 6. The van der Waals surface area contributed by atoms with Crippen LogP contribution in [0.4, 0.5) is 0 Å². The zero-order valence-electron chi connectivity index (χ0n) is 15.7. The van der Waals surface area contributed by atoms with Crippen LogP contribution in [0.3, 0.4) is 0 Å². The molecule has 3 heterocycles. The quantitative estimate of drug-likeness (QED) is 0.824. The summed E-state index contributed by atoms with van der Waals surface area (Å²) in [6, 6.07) is 4.23. The summed E-state index contributed by atoms with van der Waals surface area (Å²) >= 11 is 1.68. The van der Waals surface area contributed by atoms with Gasteiger partial charge in [-0.3, -0.25) is 14.6 Å². The molecule has 0 atom stereocenters. The molecule has 7 heteroatoms. The van der Waals surface area contributed by atoms with Gasteiger partial charge in [0.05, 0.1) is 19.4 Å². The molecule has 146 valence electrons. The first-order chi connectivity index (χ1) is 13.3. The van der Waals surface area contributed by atoms with Gasteiger partial charge in [0.1, 0.15) is 10.7 Å². The smallest absolute Gasteiger partial charge is 0.234 e. The first-order valence-electron chi connectivity index (χ1n) is 9.98. The minimum atomic E-state index is 0.193. The standard InChI is InChI=1S/C20H28N4O2S/c25-19(21-16-5-2-1-3-6-16)13-23-8-10-24(11-9-23)14-20-22-17(15-27-20)18-7-4-12-26-18/h4,7,12,15-16H,1-3,5-6,8-11,13-14H2,(H,21,25). The number of aromatic nitrogens is 1. The van der Waals surface area contributed by atoms with Crippen molar-refractivity contribution >= 4 is 17.2 Å². The molecule has 1 amide bonds. The van der Waals surface area contributed by atoms with Crippen LogP contribution in [-0.2, 0) is 11.3 Å². The maximum absolute atomic E-state index is 12.3. The van der Waals surface area contributed by atoms with Crippen molar-refractivity contribution in [2.75, 3.05) is 32.7 Å². The SMILES string of the molecule is O=C(CN1CCN(Cc2nc(-c3ccco3)cs2)CC1)NC1CCCCC1. The maximum Gasteiger partial charge on any atom is 0.234 e. The molecule has 2 aromatic heterocycles. The van der Waals surface area contributed by atoms with Crippen molar-refractivity contribution in [3.8, 4) is 11.5 Å². The summed E-state index contributed by atoms with van der Waals surface area (Å²) in [4.78, 5) is 21.7. The second kappa shape index (κ2) is 8.99. The van der Waals surface area contributed by atoms with Crippen LogP contribution in [0.25, 0.3) is 11.5 Å². The molecule has 0 spiro atoms. The minimum absolute atomic E-state index is 0.193. The number of carbonyl (C=O) groups excluding carboxylic acids is 1. The maximum atomic E-state index is 12.3. The number of carbonyl (C=O) groups is 1. The van der Waals surface area contributed by atoms with E-state index in [1.165, 1.54) is 19.3 Å². The van der Waals surface area contributed by atoms with Gasteiger partial charge in [-0.05, 0) is 25.0 Å². The molecule has 6 nitrogen and oxygen atoms in total. The minimum Gasteiger partial charge on any atom is -0.463 e. The lowest BCUT2D eigenvalue weighted by atomic mass is 9.95. The molecule has 27 heavy (non-hydrogen) atoms. The van der Waals surface area contributed by atoms with Crippen molar-refractivity contribution in [3.63, 3.8) is 0 Å². The lowest BCUT2D eigenvalue weighted by Crippen LogP contribution is -2.50. The molecule has 0 bridgehead atoms. The van der Waals surface area contributed by atoms with E-state index in [9.17, 15) is 4.79 Å². The molecule has 1 saturated heterocycles. The van der Waals surface area contributed by atoms with Crippen LogP contribution in [0.5, 0.6) is 0 Å². The van der Waals surface area contributed by atoms with E-state index in [0.29, 0.717) is 12.6 Å². The Kier molecular flexibility index (Phi) is 6.21. The third-order valence-corrected chi connectivity index (χ3v) is 6.32. The Bertz CT molecular complexity index is 716. The number of nitrogens with one attached hydrogen (secondary N) is 1. The highest BCUT2D eigenvalue weighted by Crippen LogP contribution is 2.23. The number of rotatable bonds is 6. The molecule has 0 radical (unpaired) electrons. The average Bonchev–Trinajstić information content (AvgIpc) is 3.36. The second-order valence-corrected chi connectivity index (χ2v) is 8.50. The molecular formula is C20H28N4O2S. The van der Waals surface area contributed by atoms with Crippen molar-refractivity contribution in [1.82, 2.24) is 20.1 Å². The van der Waals surface area contributed by atoms with Gasteiger partial charge in [0.15, 0.2) is 5.76 Å². The number of nitrogens with zero attached hydrogens (tertiary/aromatic N) is 3. The number of amides is 1. The fraction of sp³-hybridized carbons (Fsp3) is 0.600. The van der Waals surface area contributed by atoms with Crippen LogP contribution in [0, 0.1) is 0 Å². The summed E-state index contributed by atoms with van der Waals surface area (Å²) in [6.07, 6.45) is 7.79. The first kappa shape index (κ1) is 18.7. The lowest BCUT2D eigenvalue weighted by Gasteiger charge is -2.34. The van der Waals surface area contributed by atoms with Crippen LogP contribution in [0.1, 0.15) is 37.1 Å². The zero-order chi connectivity index (χ0) is 18.5. The van der Waals surface area contributed by atoms with Crippen LogP contribution >= 0.6 is 11.3 Å². The Hall–Kier alpha value is -1.70. The van der Waals surface area contributed by atoms with Crippen LogP contribution < -0.4 is 5.32 Å². The number of thiazole rings is 1. The van der Waals surface area contributed by atoms with Crippen molar-refractivity contribution in [2.24, 2.45) is 0 Å². The number of hydrogen-bond donors (Lipinski definition) is 1. The van der Waals surface area contributed by atoms with Gasteiger partial charge in [0.25, 0.3) is 0 Å².